The average Bonchev–Trinajstić information content (AvgIpc) is 3.04. The van der Waals surface area contributed by atoms with Crippen LogP contribution in [0.1, 0.15) is 12.0 Å². The number of methoxy groups -OCH3 is 1. The van der Waals surface area contributed by atoms with Crippen molar-refractivity contribution in [1.29, 1.82) is 0 Å². The largest absolute Gasteiger partial charge is 0.497 e. The van der Waals surface area contributed by atoms with Crippen molar-refractivity contribution in [3.63, 3.8) is 0 Å². The summed E-state index contributed by atoms with van der Waals surface area (Å²) in [5.41, 5.74) is 2.78. The van der Waals surface area contributed by atoms with Crippen LogP contribution in [0.3, 0.4) is 0 Å². The number of halogens is 2. The molecular weight excluding hydrogens is 384 g/mol. The Balaban J connectivity index is 1.56. The second-order valence-corrected chi connectivity index (χ2v) is 5.97. The van der Waals surface area contributed by atoms with Crippen LogP contribution in [-0.4, -0.2) is 37.1 Å². The van der Waals surface area contributed by atoms with E-state index >= 15 is 0 Å². The first-order valence-electron chi connectivity index (χ1n) is 8.52. The Morgan fingerprint density at radius 1 is 1.24 bits per heavy atom. The highest BCUT2D eigenvalue weighted by atomic mass is 19.1. The van der Waals surface area contributed by atoms with Gasteiger partial charge in [-0.15, -0.1) is 0 Å². The first kappa shape index (κ1) is 19.9. The van der Waals surface area contributed by atoms with Crippen LogP contribution in [-0.2, 0) is 9.59 Å². The number of rotatable bonds is 6. The van der Waals surface area contributed by atoms with E-state index in [9.17, 15) is 18.4 Å². The topological polar surface area (TPSA) is 104 Å². The van der Waals surface area contributed by atoms with Crippen LogP contribution in [0.25, 0.3) is 0 Å². The highest BCUT2D eigenvalue weighted by Gasteiger charge is 2.29. The molecule has 0 saturated heterocycles. The van der Waals surface area contributed by atoms with E-state index in [-0.39, 0.29) is 12.4 Å². The number of nitrogens with zero attached hydrogens (tertiary/aromatic N) is 2. The summed E-state index contributed by atoms with van der Waals surface area (Å²) in [7, 11) is 1.56. The number of ether oxygens (including phenoxy) is 1. The van der Waals surface area contributed by atoms with Gasteiger partial charge in [-0.05, 0) is 42.0 Å². The van der Waals surface area contributed by atoms with E-state index < -0.39 is 35.2 Å². The number of para-hydroxylation sites is 1. The summed E-state index contributed by atoms with van der Waals surface area (Å²) in [6, 6.07) is 9.28. The average molecular weight is 401 g/mol. The molecule has 0 saturated carbocycles. The van der Waals surface area contributed by atoms with Gasteiger partial charge in [-0.1, -0.05) is 6.07 Å². The molecule has 3 rings (SSSR count). The van der Waals surface area contributed by atoms with Crippen molar-refractivity contribution in [1.82, 2.24) is 10.7 Å². The highest BCUT2D eigenvalue weighted by Crippen LogP contribution is 2.18. The lowest BCUT2D eigenvalue weighted by atomic mass is 10.2. The van der Waals surface area contributed by atoms with Crippen LogP contribution < -0.4 is 20.8 Å². The van der Waals surface area contributed by atoms with Crippen LogP contribution in [0, 0.1) is 11.6 Å². The predicted molar refractivity (Wildman–Crippen MR) is 103 cm³/mol. The van der Waals surface area contributed by atoms with Crippen molar-refractivity contribution in [2.45, 2.75) is 12.5 Å². The molecule has 2 aromatic carbocycles. The lowest BCUT2D eigenvalue weighted by Gasteiger charge is -2.08. The van der Waals surface area contributed by atoms with Crippen LogP contribution in [0.15, 0.2) is 52.6 Å². The summed E-state index contributed by atoms with van der Waals surface area (Å²) in [6.45, 7) is 0. The first-order chi connectivity index (χ1) is 14.0. The summed E-state index contributed by atoms with van der Waals surface area (Å²) in [5, 5.41) is 8.51. The Morgan fingerprint density at radius 2 is 1.93 bits per heavy atom. The Bertz CT molecular complexity index is 956. The molecule has 0 aromatic heterocycles. The normalized spacial score (nSPS) is 15.8. The van der Waals surface area contributed by atoms with E-state index in [1.807, 2.05) is 0 Å². The second kappa shape index (κ2) is 8.91. The molecule has 0 fully saturated rings. The van der Waals surface area contributed by atoms with Gasteiger partial charge in [0.15, 0.2) is 0 Å². The second-order valence-electron chi connectivity index (χ2n) is 5.97. The molecule has 0 aliphatic carbocycles. The zero-order valence-corrected chi connectivity index (χ0v) is 15.3. The number of hydrazone groups is 1. The van der Waals surface area contributed by atoms with Gasteiger partial charge < -0.3 is 10.1 Å². The van der Waals surface area contributed by atoms with Gasteiger partial charge in [0.05, 0.1) is 19.7 Å². The van der Waals surface area contributed by atoms with E-state index in [0.29, 0.717) is 5.75 Å². The van der Waals surface area contributed by atoms with Crippen molar-refractivity contribution < 1.29 is 23.1 Å². The van der Waals surface area contributed by atoms with E-state index in [4.69, 9.17) is 4.74 Å². The molecule has 0 radical (unpaired) electrons. The molecule has 1 aliphatic heterocycles. The van der Waals surface area contributed by atoms with Crippen LogP contribution in [0.2, 0.25) is 0 Å². The van der Waals surface area contributed by atoms with Gasteiger partial charge >= 0.3 is 0 Å². The number of carbonyl (C=O) groups excluding carboxylic acids is 2. The van der Waals surface area contributed by atoms with E-state index in [1.54, 1.807) is 31.4 Å². The number of amides is 2. The molecule has 2 aromatic rings. The standard InChI is InChI=1S/C19H17F2N5O3/c1-29-12-7-5-11(6-8-12)10-22-26-19-23-15(18(28)25-19)9-16(27)24-17-13(20)3-2-4-14(17)21/h2-8,10,15H,9H2,1H3,(H,24,27)(H2,23,25,26,28)/b22-10-/t15-/m0/s1. The van der Waals surface area contributed by atoms with Gasteiger partial charge in [0.1, 0.15) is 29.1 Å². The minimum atomic E-state index is -1.04. The quantitative estimate of drug-likeness (QED) is 0.507. The molecule has 2 amide bonds. The van der Waals surface area contributed by atoms with Crippen molar-refractivity contribution in [3.05, 3.63) is 59.7 Å². The zero-order valence-electron chi connectivity index (χ0n) is 15.3. The number of aliphatic imine (C=N–C) groups is 1. The molecule has 1 aliphatic rings. The monoisotopic (exact) mass is 401 g/mol. The van der Waals surface area contributed by atoms with E-state index in [2.05, 4.69) is 26.2 Å². The van der Waals surface area contributed by atoms with E-state index in [1.165, 1.54) is 12.3 Å². The molecular formula is C19H17F2N5O3. The Hall–Kier alpha value is -3.82. The van der Waals surface area contributed by atoms with Gasteiger partial charge in [0, 0.05) is 0 Å². The molecule has 8 nitrogen and oxygen atoms in total. The molecule has 3 N–H and O–H groups in total. The fourth-order valence-corrected chi connectivity index (χ4v) is 2.48. The number of carbonyl (C=O) groups is 2. The SMILES string of the molecule is COc1ccc(/C=N\NC2=N[C@@H](CC(=O)Nc3c(F)cccc3F)C(=O)N2)cc1. The summed E-state index contributed by atoms with van der Waals surface area (Å²) < 4.78 is 32.2. The molecule has 10 heteroatoms. The summed E-state index contributed by atoms with van der Waals surface area (Å²) in [4.78, 5) is 28.0. The maximum absolute atomic E-state index is 13.6. The maximum atomic E-state index is 13.6. The molecule has 1 heterocycles. The lowest BCUT2D eigenvalue weighted by Crippen LogP contribution is -2.35. The Morgan fingerprint density at radius 3 is 2.59 bits per heavy atom. The van der Waals surface area contributed by atoms with Crippen molar-refractivity contribution in [2.75, 3.05) is 12.4 Å². The van der Waals surface area contributed by atoms with Gasteiger partial charge in [-0.3, -0.25) is 14.9 Å². The van der Waals surface area contributed by atoms with Crippen LogP contribution >= 0.6 is 0 Å². The van der Waals surface area contributed by atoms with Gasteiger partial charge in [-0.2, -0.15) is 5.10 Å². The Kier molecular flexibility index (Phi) is 6.12. The molecule has 0 bridgehead atoms. The summed E-state index contributed by atoms with van der Waals surface area (Å²) in [5.74, 6) is -2.33. The third-order valence-electron chi connectivity index (χ3n) is 3.93. The third kappa shape index (κ3) is 5.12. The highest BCUT2D eigenvalue weighted by molar-refractivity contribution is 6.07. The van der Waals surface area contributed by atoms with Crippen LogP contribution in [0.5, 0.6) is 5.75 Å². The van der Waals surface area contributed by atoms with Crippen LogP contribution in [0.4, 0.5) is 14.5 Å². The zero-order chi connectivity index (χ0) is 20.8. The molecule has 0 spiro atoms. The summed E-state index contributed by atoms with van der Waals surface area (Å²) >= 11 is 0. The number of nitrogens with one attached hydrogen (secondary N) is 3. The third-order valence-corrected chi connectivity index (χ3v) is 3.93. The van der Waals surface area contributed by atoms with Crippen molar-refractivity contribution in [3.8, 4) is 5.75 Å². The van der Waals surface area contributed by atoms with E-state index in [0.717, 1.165) is 17.7 Å². The summed E-state index contributed by atoms with van der Waals surface area (Å²) in [6.07, 6.45) is 1.13. The number of guanidine groups is 1. The van der Waals surface area contributed by atoms with Gasteiger partial charge in [0.2, 0.25) is 11.9 Å². The van der Waals surface area contributed by atoms with Crippen molar-refractivity contribution >= 4 is 29.7 Å². The van der Waals surface area contributed by atoms with Crippen molar-refractivity contribution in [2.24, 2.45) is 10.1 Å². The molecule has 0 unspecified atom stereocenters. The first-order valence-corrected chi connectivity index (χ1v) is 8.52. The molecule has 1 atom stereocenters. The molecule has 29 heavy (non-hydrogen) atoms. The maximum Gasteiger partial charge on any atom is 0.252 e. The Labute approximate surface area is 164 Å². The number of hydrogen-bond acceptors (Lipinski definition) is 6. The van der Waals surface area contributed by atoms with Gasteiger partial charge in [-0.25, -0.2) is 19.2 Å². The number of anilines is 1. The smallest absolute Gasteiger partial charge is 0.252 e. The minimum absolute atomic E-state index is 0.0645. The number of hydrogen-bond donors (Lipinski definition) is 3. The predicted octanol–water partition coefficient (Wildman–Crippen LogP) is 1.78. The minimum Gasteiger partial charge on any atom is -0.497 e. The van der Waals surface area contributed by atoms with Gasteiger partial charge in [0.25, 0.3) is 5.91 Å². The number of benzene rings is 2. The molecule has 150 valence electrons. The fourth-order valence-electron chi connectivity index (χ4n) is 2.48. The lowest BCUT2D eigenvalue weighted by molar-refractivity contribution is -0.123. The fraction of sp³-hybridized carbons (Fsp3) is 0.158.